The van der Waals surface area contributed by atoms with Crippen molar-refractivity contribution in [2.45, 2.75) is 38.0 Å². The number of nitrogens with zero attached hydrogens (tertiary/aromatic N) is 1. The topological polar surface area (TPSA) is 40.5 Å². The molecule has 1 heterocycles. The van der Waals surface area contributed by atoms with Crippen molar-refractivity contribution < 1.29 is 27.5 Å². The van der Waals surface area contributed by atoms with Crippen molar-refractivity contribution in [3.63, 3.8) is 0 Å². The van der Waals surface area contributed by atoms with Gasteiger partial charge < -0.3 is 10.0 Å². The minimum Gasteiger partial charge on any atom is -0.374 e. The third-order valence-corrected chi connectivity index (χ3v) is 6.77. The minimum absolute atomic E-state index is 0.0752. The van der Waals surface area contributed by atoms with E-state index in [-0.39, 0.29) is 27.7 Å². The van der Waals surface area contributed by atoms with Crippen LogP contribution in [-0.2, 0) is 0 Å². The molecule has 1 aromatic rings. The molecule has 1 fully saturated rings. The number of rotatable bonds is 1. The van der Waals surface area contributed by atoms with Gasteiger partial charge in [-0.3, -0.25) is 4.79 Å². The second-order valence-corrected chi connectivity index (χ2v) is 8.66. The van der Waals surface area contributed by atoms with Crippen molar-refractivity contribution >= 4 is 29.1 Å². The first-order valence-electron chi connectivity index (χ1n) is 9.33. The summed E-state index contributed by atoms with van der Waals surface area (Å²) < 4.78 is 55.1. The average Bonchev–Trinajstić information content (AvgIpc) is 2.86. The highest BCUT2D eigenvalue weighted by Crippen LogP contribution is 2.65. The Morgan fingerprint density at radius 1 is 1.20 bits per heavy atom. The molecule has 2 aliphatic carbocycles. The number of alkyl halides is 3. The highest BCUT2D eigenvalue weighted by Gasteiger charge is 2.75. The number of amides is 1. The normalized spacial score (nSPS) is 28.7. The van der Waals surface area contributed by atoms with Gasteiger partial charge in [-0.25, -0.2) is 4.39 Å². The zero-order valence-electron chi connectivity index (χ0n) is 15.8. The molecular formula is C21H17Cl2F4NO2. The SMILES string of the molecule is CC12C=C3CCCCN(C(=O)c4c(Cl)cccc4Cl)C3=CC1=C(F)C2(O)C(F)(F)F. The molecule has 30 heavy (non-hydrogen) atoms. The van der Waals surface area contributed by atoms with Crippen LogP contribution in [0.3, 0.4) is 0 Å². The molecule has 0 saturated carbocycles. The second kappa shape index (κ2) is 6.84. The summed E-state index contributed by atoms with van der Waals surface area (Å²) in [5.41, 5.74) is -5.00. The number of hydrogen-bond donors (Lipinski definition) is 1. The quantitative estimate of drug-likeness (QED) is 0.522. The zero-order chi connectivity index (χ0) is 22.1. The van der Waals surface area contributed by atoms with Crippen LogP contribution in [0.4, 0.5) is 17.6 Å². The summed E-state index contributed by atoms with van der Waals surface area (Å²) in [4.78, 5) is 14.6. The van der Waals surface area contributed by atoms with Crippen LogP contribution in [-0.4, -0.2) is 34.2 Å². The van der Waals surface area contributed by atoms with Crippen molar-refractivity contribution in [1.82, 2.24) is 4.90 Å². The number of halogens is 6. The van der Waals surface area contributed by atoms with E-state index in [9.17, 15) is 27.5 Å². The largest absolute Gasteiger partial charge is 0.424 e. The molecule has 1 saturated heterocycles. The Morgan fingerprint density at radius 3 is 2.43 bits per heavy atom. The van der Waals surface area contributed by atoms with E-state index in [1.807, 2.05) is 0 Å². The first kappa shape index (κ1) is 21.4. The second-order valence-electron chi connectivity index (χ2n) is 7.85. The number of hydrogen-bond acceptors (Lipinski definition) is 2. The maximum atomic E-state index is 14.6. The highest BCUT2D eigenvalue weighted by atomic mass is 35.5. The number of benzene rings is 1. The van der Waals surface area contributed by atoms with Gasteiger partial charge in [-0.15, -0.1) is 0 Å². The summed E-state index contributed by atoms with van der Waals surface area (Å²) in [7, 11) is 0. The monoisotopic (exact) mass is 461 g/mol. The van der Waals surface area contributed by atoms with Crippen molar-refractivity contribution in [1.29, 1.82) is 0 Å². The lowest BCUT2D eigenvalue weighted by molar-refractivity contribution is -0.288. The third-order valence-electron chi connectivity index (χ3n) is 6.14. The average molecular weight is 462 g/mol. The van der Waals surface area contributed by atoms with E-state index in [4.69, 9.17) is 23.2 Å². The Balaban J connectivity index is 1.84. The molecule has 0 bridgehead atoms. The summed E-state index contributed by atoms with van der Waals surface area (Å²) in [6, 6.07) is 4.62. The van der Waals surface area contributed by atoms with E-state index >= 15 is 0 Å². The number of allylic oxidation sites excluding steroid dienone is 2. The van der Waals surface area contributed by atoms with Gasteiger partial charge in [0.15, 0.2) is 0 Å². The molecule has 2 atom stereocenters. The number of carbonyl (C=O) groups excluding carboxylic acids is 1. The standard InChI is InChI=1S/C21H17Cl2F4NO2/c1-19-10-11-5-2-3-8-28(18(29)16-13(22)6-4-7-14(16)23)15(11)9-12(19)17(24)20(19,30)21(25,26)27/h4,6-7,9-10,30H,2-3,5,8H2,1H3. The van der Waals surface area contributed by atoms with Gasteiger partial charge in [0.05, 0.1) is 21.0 Å². The molecule has 1 amide bonds. The first-order chi connectivity index (χ1) is 13.9. The summed E-state index contributed by atoms with van der Waals surface area (Å²) in [5, 5.41) is 10.5. The summed E-state index contributed by atoms with van der Waals surface area (Å²) in [6.45, 7) is 1.43. The van der Waals surface area contributed by atoms with Crippen LogP contribution < -0.4 is 0 Å². The Morgan fingerprint density at radius 2 is 1.83 bits per heavy atom. The molecular weight excluding hydrogens is 445 g/mol. The number of fused-ring (bicyclic) bond motifs is 2. The Labute approximate surface area is 180 Å². The van der Waals surface area contributed by atoms with Crippen molar-refractivity contribution in [3.05, 3.63) is 68.6 Å². The molecule has 0 radical (unpaired) electrons. The Hall–Kier alpha value is -1.83. The van der Waals surface area contributed by atoms with Crippen LogP contribution in [0.5, 0.6) is 0 Å². The van der Waals surface area contributed by atoms with Gasteiger partial charge in [0.1, 0.15) is 5.83 Å². The molecule has 2 unspecified atom stereocenters. The van der Waals surface area contributed by atoms with Gasteiger partial charge in [0, 0.05) is 17.8 Å². The smallest absolute Gasteiger partial charge is 0.374 e. The van der Waals surface area contributed by atoms with Gasteiger partial charge in [-0.05, 0) is 50.0 Å². The molecule has 0 aromatic heterocycles. The van der Waals surface area contributed by atoms with E-state index in [0.29, 0.717) is 30.5 Å². The van der Waals surface area contributed by atoms with E-state index in [1.165, 1.54) is 29.2 Å². The van der Waals surface area contributed by atoms with Crippen LogP contribution in [0.1, 0.15) is 36.5 Å². The minimum atomic E-state index is -5.18. The summed E-state index contributed by atoms with van der Waals surface area (Å²) >= 11 is 12.3. The lowest BCUT2D eigenvalue weighted by atomic mass is 9.54. The predicted octanol–water partition coefficient (Wildman–Crippen LogP) is 5.98. The van der Waals surface area contributed by atoms with E-state index in [2.05, 4.69) is 0 Å². The predicted molar refractivity (Wildman–Crippen MR) is 105 cm³/mol. The van der Waals surface area contributed by atoms with Gasteiger partial charge >= 0.3 is 6.18 Å². The number of carbonyl (C=O) groups is 1. The number of likely N-dealkylation sites (tertiary alicyclic amines) is 1. The fourth-order valence-electron chi connectivity index (χ4n) is 4.45. The fourth-order valence-corrected chi connectivity index (χ4v) is 5.01. The molecule has 1 aromatic carbocycles. The van der Waals surface area contributed by atoms with Crippen LogP contribution in [0, 0.1) is 5.41 Å². The van der Waals surface area contributed by atoms with Crippen LogP contribution in [0.25, 0.3) is 0 Å². The van der Waals surface area contributed by atoms with E-state index in [0.717, 1.165) is 6.92 Å². The Bertz CT molecular complexity index is 1030. The zero-order valence-corrected chi connectivity index (χ0v) is 17.3. The van der Waals surface area contributed by atoms with Crippen LogP contribution in [0.2, 0.25) is 10.0 Å². The van der Waals surface area contributed by atoms with E-state index < -0.39 is 28.9 Å². The molecule has 160 valence electrons. The fraction of sp³-hybridized carbons (Fsp3) is 0.381. The van der Waals surface area contributed by atoms with Gasteiger partial charge in [-0.2, -0.15) is 13.2 Å². The van der Waals surface area contributed by atoms with Crippen molar-refractivity contribution in [2.75, 3.05) is 6.54 Å². The Kier molecular flexibility index (Phi) is 4.88. The number of aliphatic hydroxyl groups is 1. The van der Waals surface area contributed by atoms with Crippen molar-refractivity contribution in [3.8, 4) is 0 Å². The van der Waals surface area contributed by atoms with Crippen LogP contribution >= 0.6 is 23.2 Å². The maximum absolute atomic E-state index is 14.6. The molecule has 1 N–H and O–H groups in total. The molecule has 1 aliphatic heterocycles. The molecule has 0 spiro atoms. The third kappa shape index (κ3) is 2.71. The lowest BCUT2D eigenvalue weighted by Crippen LogP contribution is -2.65. The van der Waals surface area contributed by atoms with Crippen LogP contribution in [0.15, 0.2) is 53.0 Å². The molecule has 3 aliphatic rings. The molecule has 4 rings (SSSR count). The summed E-state index contributed by atoms with van der Waals surface area (Å²) in [6.07, 6.45) is -1.10. The summed E-state index contributed by atoms with van der Waals surface area (Å²) in [5.74, 6) is -2.16. The van der Waals surface area contributed by atoms with Crippen molar-refractivity contribution in [2.24, 2.45) is 5.41 Å². The first-order valence-corrected chi connectivity index (χ1v) is 10.1. The van der Waals surface area contributed by atoms with Gasteiger partial charge in [-0.1, -0.05) is 35.3 Å². The lowest BCUT2D eigenvalue weighted by Gasteiger charge is -2.54. The molecule has 9 heteroatoms. The highest BCUT2D eigenvalue weighted by molar-refractivity contribution is 6.39. The maximum Gasteiger partial charge on any atom is 0.424 e. The van der Waals surface area contributed by atoms with E-state index in [1.54, 1.807) is 6.07 Å². The molecule has 3 nitrogen and oxygen atoms in total. The van der Waals surface area contributed by atoms with Gasteiger partial charge in [0.2, 0.25) is 5.60 Å². The van der Waals surface area contributed by atoms with Gasteiger partial charge in [0.25, 0.3) is 5.91 Å².